The highest BCUT2D eigenvalue weighted by Gasteiger charge is 2.47. The molecule has 1 aromatic rings. The second-order valence-electron chi connectivity index (χ2n) is 5.80. The number of nitrogens with zero attached hydrogens (tertiary/aromatic N) is 3. The Morgan fingerprint density at radius 1 is 1.33 bits per heavy atom. The Labute approximate surface area is 127 Å². The van der Waals surface area contributed by atoms with Crippen molar-refractivity contribution in [1.82, 2.24) is 14.7 Å². The molecular formula is C16H29N3O2. The van der Waals surface area contributed by atoms with Crippen molar-refractivity contribution in [3.05, 3.63) is 11.9 Å². The van der Waals surface area contributed by atoms with Crippen LogP contribution in [0, 0.1) is 0 Å². The molecule has 0 spiro atoms. The van der Waals surface area contributed by atoms with Crippen LogP contribution < -0.4 is 4.74 Å². The molecule has 1 heterocycles. The Kier molecular flexibility index (Phi) is 5.27. The molecule has 0 aliphatic heterocycles. The predicted octanol–water partition coefficient (Wildman–Crippen LogP) is 2.60. The first-order chi connectivity index (χ1) is 10.1. The molecule has 1 saturated carbocycles. The van der Waals surface area contributed by atoms with Gasteiger partial charge < -0.3 is 9.84 Å². The summed E-state index contributed by atoms with van der Waals surface area (Å²) in [5.74, 6) is 0.697. The summed E-state index contributed by atoms with van der Waals surface area (Å²) in [6.07, 6.45) is 5.58. The fraction of sp³-hybridized carbons (Fsp3) is 0.812. The maximum absolute atomic E-state index is 11.2. The summed E-state index contributed by atoms with van der Waals surface area (Å²) >= 11 is 0. The van der Waals surface area contributed by atoms with Crippen molar-refractivity contribution in [2.75, 3.05) is 20.2 Å². The molecule has 5 heteroatoms. The number of aliphatic hydroxyl groups is 1. The zero-order chi connectivity index (χ0) is 15.5. The van der Waals surface area contributed by atoms with Gasteiger partial charge in [-0.1, -0.05) is 26.7 Å². The zero-order valence-electron chi connectivity index (χ0n) is 13.8. The van der Waals surface area contributed by atoms with Crippen molar-refractivity contribution >= 4 is 0 Å². The monoisotopic (exact) mass is 295 g/mol. The van der Waals surface area contributed by atoms with Crippen molar-refractivity contribution in [2.45, 2.75) is 64.6 Å². The van der Waals surface area contributed by atoms with Gasteiger partial charge in [0.15, 0.2) is 5.75 Å². The topological polar surface area (TPSA) is 50.5 Å². The van der Waals surface area contributed by atoms with Gasteiger partial charge in [0.1, 0.15) is 11.8 Å². The second kappa shape index (κ2) is 6.79. The minimum absolute atomic E-state index is 0.177. The summed E-state index contributed by atoms with van der Waals surface area (Å²) in [5, 5.41) is 15.6. The quantitative estimate of drug-likeness (QED) is 0.840. The van der Waals surface area contributed by atoms with E-state index in [0.29, 0.717) is 5.75 Å². The van der Waals surface area contributed by atoms with E-state index in [-0.39, 0.29) is 5.54 Å². The second-order valence-corrected chi connectivity index (χ2v) is 5.80. The van der Waals surface area contributed by atoms with Crippen molar-refractivity contribution < 1.29 is 9.84 Å². The molecule has 2 rings (SSSR count). The van der Waals surface area contributed by atoms with Crippen LogP contribution >= 0.6 is 0 Å². The van der Waals surface area contributed by atoms with Gasteiger partial charge >= 0.3 is 0 Å². The molecule has 1 aromatic heterocycles. The molecule has 1 atom stereocenters. The van der Waals surface area contributed by atoms with Crippen LogP contribution in [0.2, 0.25) is 0 Å². The fourth-order valence-corrected chi connectivity index (χ4v) is 3.92. The largest absolute Gasteiger partial charge is 0.493 e. The molecule has 21 heavy (non-hydrogen) atoms. The van der Waals surface area contributed by atoms with Crippen LogP contribution in [0.1, 0.15) is 58.3 Å². The average molecular weight is 295 g/mol. The molecule has 0 radical (unpaired) electrons. The van der Waals surface area contributed by atoms with Gasteiger partial charge in [0.25, 0.3) is 0 Å². The van der Waals surface area contributed by atoms with Crippen LogP contribution in [0.4, 0.5) is 0 Å². The van der Waals surface area contributed by atoms with Crippen molar-refractivity contribution in [3.8, 4) is 5.75 Å². The predicted molar refractivity (Wildman–Crippen MR) is 83.5 cm³/mol. The molecule has 0 saturated heterocycles. The third-order valence-corrected chi connectivity index (χ3v) is 4.99. The molecule has 1 unspecified atom stereocenters. The average Bonchev–Trinajstić information content (AvgIpc) is 3.14. The molecule has 1 N–H and O–H groups in total. The molecule has 120 valence electrons. The molecule has 0 amide bonds. The van der Waals surface area contributed by atoms with E-state index < -0.39 is 6.10 Å². The number of hydrogen-bond acceptors (Lipinski definition) is 4. The highest BCUT2D eigenvalue weighted by molar-refractivity contribution is 5.30. The SMILES string of the molecule is CCN(CC)C1(C(O)c2c(OC)cnn2CC)CCCC1. The van der Waals surface area contributed by atoms with Crippen LogP contribution in [0.5, 0.6) is 5.75 Å². The van der Waals surface area contributed by atoms with E-state index in [4.69, 9.17) is 4.74 Å². The molecule has 0 bridgehead atoms. The first-order valence-electron chi connectivity index (χ1n) is 8.17. The molecule has 0 aromatic carbocycles. The number of aromatic nitrogens is 2. The van der Waals surface area contributed by atoms with Crippen LogP contribution in [-0.4, -0.2) is 45.5 Å². The summed E-state index contributed by atoms with van der Waals surface area (Å²) in [4.78, 5) is 2.41. The van der Waals surface area contributed by atoms with E-state index in [1.165, 1.54) is 12.8 Å². The normalized spacial score (nSPS) is 19.1. The van der Waals surface area contributed by atoms with Gasteiger partial charge in [0.05, 0.1) is 18.8 Å². The van der Waals surface area contributed by atoms with E-state index in [2.05, 4.69) is 23.8 Å². The first-order valence-corrected chi connectivity index (χ1v) is 8.17. The third kappa shape index (κ3) is 2.69. The lowest BCUT2D eigenvalue weighted by Gasteiger charge is -2.44. The van der Waals surface area contributed by atoms with Crippen molar-refractivity contribution in [2.24, 2.45) is 0 Å². The molecule has 1 fully saturated rings. The van der Waals surface area contributed by atoms with Gasteiger partial charge in [-0.2, -0.15) is 5.10 Å². The fourth-order valence-electron chi connectivity index (χ4n) is 3.92. The van der Waals surface area contributed by atoms with Gasteiger partial charge in [-0.15, -0.1) is 0 Å². The van der Waals surface area contributed by atoms with Gasteiger partial charge in [-0.05, 0) is 32.9 Å². The van der Waals surface area contributed by atoms with Gasteiger partial charge in [0.2, 0.25) is 0 Å². The Morgan fingerprint density at radius 2 is 1.95 bits per heavy atom. The van der Waals surface area contributed by atoms with E-state index >= 15 is 0 Å². The Balaban J connectivity index is 2.44. The van der Waals surface area contributed by atoms with Crippen LogP contribution in [0.3, 0.4) is 0 Å². The van der Waals surface area contributed by atoms with Gasteiger partial charge in [0, 0.05) is 6.54 Å². The molecular weight excluding hydrogens is 266 g/mol. The molecule has 1 aliphatic rings. The van der Waals surface area contributed by atoms with Crippen LogP contribution in [0.15, 0.2) is 6.20 Å². The van der Waals surface area contributed by atoms with Gasteiger partial charge in [-0.3, -0.25) is 9.58 Å². The minimum atomic E-state index is -0.558. The van der Waals surface area contributed by atoms with E-state index in [1.54, 1.807) is 13.3 Å². The highest BCUT2D eigenvalue weighted by Crippen LogP contribution is 2.46. The summed E-state index contributed by atoms with van der Waals surface area (Å²) in [6.45, 7) is 9.03. The van der Waals surface area contributed by atoms with Gasteiger partial charge in [-0.25, -0.2) is 0 Å². The lowest BCUT2D eigenvalue weighted by atomic mass is 9.85. The molecule has 1 aliphatic carbocycles. The Bertz CT molecular complexity index is 427. The standard InChI is InChI=1S/C16H29N3O2/c1-5-18(6-2)16(10-8-9-11-16)15(20)14-13(21-4)12-17-19(14)7-3/h12,15,20H,5-11H2,1-4H3. The zero-order valence-corrected chi connectivity index (χ0v) is 13.8. The summed E-state index contributed by atoms with van der Waals surface area (Å²) in [5.41, 5.74) is 0.651. The van der Waals surface area contributed by atoms with Crippen molar-refractivity contribution in [3.63, 3.8) is 0 Å². The van der Waals surface area contributed by atoms with Crippen molar-refractivity contribution in [1.29, 1.82) is 0 Å². The first kappa shape index (κ1) is 16.3. The highest BCUT2D eigenvalue weighted by atomic mass is 16.5. The number of rotatable bonds is 7. The van der Waals surface area contributed by atoms with E-state index in [1.807, 2.05) is 11.6 Å². The lowest BCUT2D eigenvalue weighted by molar-refractivity contribution is -0.0322. The number of aliphatic hydroxyl groups excluding tert-OH is 1. The minimum Gasteiger partial charge on any atom is -0.493 e. The Morgan fingerprint density at radius 3 is 2.43 bits per heavy atom. The third-order valence-electron chi connectivity index (χ3n) is 4.99. The summed E-state index contributed by atoms with van der Waals surface area (Å²) < 4.78 is 7.31. The summed E-state index contributed by atoms with van der Waals surface area (Å²) in [7, 11) is 1.64. The number of ether oxygens (including phenoxy) is 1. The number of likely N-dealkylation sites (N-methyl/N-ethyl adjacent to an activating group) is 1. The van der Waals surface area contributed by atoms with Crippen LogP contribution in [-0.2, 0) is 6.54 Å². The lowest BCUT2D eigenvalue weighted by Crippen LogP contribution is -2.51. The Hall–Kier alpha value is -1.07. The maximum atomic E-state index is 11.2. The van der Waals surface area contributed by atoms with E-state index in [0.717, 1.165) is 38.2 Å². The number of methoxy groups -OCH3 is 1. The van der Waals surface area contributed by atoms with Crippen LogP contribution in [0.25, 0.3) is 0 Å². The van der Waals surface area contributed by atoms with E-state index in [9.17, 15) is 5.11 Å². The maximum Gasteiger partial charge on any atom is 0.162 e. The summed E-state index contributed by atoms with van der Waals surface area (Å²) in [6, 6.07) is 0. The molecule has 5 nitrogen and oxygen atoms in total. The number of hydrogen-bond donors (Lipinski definition) is 1. The smallest absolute Gasteiger partial charge is 0.162 e. The number of aryl methyl sites for hydroxylation is 1.